The number of fused-ring (bicyclic) bond motifs is 8. The standard InChI is InChI=1S/C46H28S/c1-2-11-30(12-3-1)44-37-14-6-8-16-39(37)45(40-17-9-7-15-38(40)44)35-21-20-31-26-32(18-19-33(31)27-35)34-23-24-42-41(28-34)46-36-13-5-4-10-29(36)22-25-43(46)47-42/h1-28H. The van der Waals surface area contributed by atoms with E-state index in [2.05, 4.69) is 170 Å². The van der Waals surface area contributed by atoms with E-state index in [1.807, 2.05) is 11.3 Å². The molecule has 0 aliphatic rings. The van der Waals surface area contributed by atoms with E-state index in [-0.39, 0.29) is 0 Å². The van der Waals surface area contributed by atoms with Gasteiger partial charge in [-0.3, -0.25) is 0 Å². The van der Waals surface area contributed by atoms with E-state index in [1.54, 1.807) is 0 Å². The zero-order valence-electron chi connectivity index (χ0n) is 25.6. The highest BCUT2D eigenvalue weighted by atomic mass is 32.1. The summed E-state index contributed by atoms with van der Waals surface area (Å²) in [5, 5.41) is 13.0. The minimum atomic E-state index is 1.25. The molecule has 1 heteroatoms. The van der Waals surface area contributed by atoms with Gasteiger partial charge in [0, 0.05) is 20.2 Å². The quantitative estimate of drug-likeness (QED) is 0.174. The molecule has 10 aromatic rings. The number of hydrogen-bond donors (Lipinski definition) is 0. The van der Waals surface area contributed by atoms with E-state index in [0.717, 1.165) is 0 Å². The molecule has 0 saturated carbocycles. The van der Waals surface area contributed by atoms with Crippen molar-refractivity contribution in [1.29, 1.82) is 0 Å². The first-order valence-corrected chi connectivity index (χ1v) is 17.0. The highest BCUT2D eigenvalue weighted by Crippen LogP contribution is 2.45. The van der Waals surface area contributed by atoms with Crippen LogP contribution < -0.4 is 0 Å². The van der Waals surface area contributed by atoms with Crippen molar-refractivity contribution in [1.82, 2.24) is 0 Å². The Morgan fingerprint density at radius 3 is 1.47 bits per heavy atom. The van der Waals surface area contributed by atoms with E-state index in [1.165, 1.54) is 96.6 Å². The average Bonchev–Trinajstić information content (AvgIpc) is 3.52. The molecule has 0 nitrogen and oxygen atoms in total. The smallest absolute Gasteiger partial charge is 0.0361 e. The summed E-state index contributed by atoms with van der Waals surface area (Å²) in [5.74, 6) is 0. The summed E-state index contributed by atoms with van der Waals surface area (Å²) in [4.78, 5) is 0. The van der Waals surface area contributed by atoms with Crippen LogP contribution in [0.1, 0.15) is 0 Å². The van der Waals surface area contributed by atoms with Crippen LogP contribution in [0.2, 0.25) is 0 Å². The van der Waals surface area contributed by atoms with Crippen LogP contribution in [0.15, 0.2) is 170 Å². The molecular weight excluding hydrogens is 585 g/mol. The monoisotopic (exact) mass is 612 g/mol. The molecule has 0 spiro atoms. The van der Waals surface area contributed by atoms with Gasteiger partial charge >= 0.3 is 0 Å². The molecule has 0 N–H and O–H groups in total. The van der Waals surface area contributed by atoms with Gasteiger partial charge in [0.15, 0.2) is 0 Å². The maximum Gasteiger partial charge on any atom is 0.0361 e. The van der Waals surface area contributed by atoms with Crippen molar-refractivity contribution in [3.63, 3.8) is 0 Å². The Bertz CT molecular complexity index is 2780. The Morgan fingerprint density at radius 2 is 0.766 bits per heavy atom. The van der Waals surface area contributed by atoms with Crippen LogP contribution in [-0.2, 0) is 0 Å². The first-order chi connectivity index (χ1) is 23.3. The van der Waals surface area contributed by atoms with Crippen LogP contribution in [0.5, 0.6) is 0 Å². The number of benzene rings is 9. The lowest BCUT2D eigenvalue weighted by molar-refractivity contribution is 1.66. The molecule has 0 fully saturated rings. The van der Waals surface area contributed by atoms with Gasteiger partial charge in [-0.15, -0.1) is 11.3 Å². The zero-order valence-corrected chi connectivity index (χ0v) is 26.4. The predicted molar refractivity (Wildman–Crippen MR) is 206 cm³/mol. The molecule has 1 heterocycles. The van der Waals surface area contributed by atoms with Gasteiger partial charge in [0.25, 0.3) is 0 Å². The average molecular weight is 613 g/mol. The summed E-state index contributed by atoms with van der Waals surface area (Å²) >= 11 is 1.88. The molecule has 0 radical (unpaired) electrons. The predicted octanol–water partition coefficient (Wildman–Crippen LogP) is 13.7. The Labute approximate surface area is 276 Å². The van der Waals surface area contributed by atoms with Gasteiger partial charge < -0.3 is 0 Å². The molecule has 0 atom stereocenters. The van der Waals surface area contributed by atoms with Gasteiger partial charge in [0.05, 0.1) is 0 Å². The third-order valence-electron chi connectivity index (χ3n) is 9.82. The lowest BCUT2D eigenvalue weighted by atomic mass is 9.85. The van der Waals surface area contributed by atoms with E-state index >= 15 is 0 Å². The van der Waals surface area contributed by atoms with Crippen LogP contribution in [0, 0.1) is 0 Å². The molecule has 218 valence electrons. The molecule has 0 aliphatic heterocycles. The van der Waals surface area contributed by atoms with Crippen LogP contribution >= 0.6 is 11.3 Å². The van der Waals surface area contributed by atoms with Crippen molar-refractivity contribution in [3.8, 4) is 33.4 Å². The van der Waals surface area contributed by atoms with Crippen LogP contribution in [0.3, 0.4) is 0 Å². The Hall–Kier alpha value is -5.76. The summed E-state index contributed by atoms with van der Waals surface area (Å²) in [6, 6.07) is 62.7. The summed E-state index contributed by atoms with van der Waals surface area (Å²) < 4.78 is 2.68. The molecule has 0 amide bonds. The molecule has 0 aliphatic carbocycles. The molecule has 10 rings (SSSR count). The first-order valence-electron chi connectivity index (χ1n) is 16.2. The summed E-state index contributed by atoms with van der Waals surface area (Å²) in [7, 11) is 0. The topological polar surface area (TPSA) is 0 Å². The second kappa shape index (κ2) is 10.4. The van der Waals surface area contributed by atoms with Crippen molar-refractivity contribution in [2.45, 2.75) is 0 Å². The van der Waals surface area contributed by atoms with E-state index in [0.29, 0.717) is 0 Å². The van der Waals surface area contributed by atoms with E-state index in [4.69, 9.17) is 0 Å². The van der Waals surface area contributed by atoms with E-state index < -0.39 is 0 Å². The molecular formula is C46H28S. The maximum absolute atomic E-state index is 2.39. The van der Waals surface area contributed by atoms with Crippen LogP contribution in [0.25, 0.3) is 96.6 Å². The van der Waals surface area contributed by atoms with Gasteiger partial charge in [-0.1, -0.05) is 140 Å². The Kier molecular flexibility index (Phi) is 5.85. The van der Waals surface area contributed by atoms with Gasteiger partial charge in [-0.2, -0.15) is 0 Å². The lowest BCUT2D eigenvalue weighted by Gasteiger charge is -2.18. The summed E-state index contributed by atoms with van der Waals surface area (Å²) in [6.45, 7) is 0. The third kappa shape index (κ3) is 4.14. The Balaban J connectivity index is 1.13. The fraction of sp³-hybridized carbons (Fsp3) is 0. The van der Waals surface area contributed by atoms with Gasteiger partial charge in [-0.25, -0.2) is 0 Å². The largest absolute Gasteiger partial charge is 0.135 e. The number of hydrogen-bond acceptors (Lipinski definition) is 1. The fourth-order valence-electron chi connectivity index (χ4n) is 7.66. The van der Waals surface area contributed by atoms with Gasteiger partial charge in [0.1, 0.15) is 0 Å². The van der Waals surface area contributed by atoms with Gasteiger partial charge in [0.2, 0.25) is 0 Å². The highest BCUT2D eigenvalue weighted by Gasteiger charge is 2.17. The second-order valence-corrected chi connectivity index (χ2v) is 13.5. The third-order valence-corrected chi connectivity index (χ3v) is 11.0. The highest BCUT2D eigenvalue weighted by molar-refractivity contribution is 7.26. The van der Waals surface area contributed by atoms with Crippen LogP contribution in [-0.4, -0.2) is 0 Å². The molecule has 0 unspecified atom stereocenters. The molecule has 0 bridgehead atoms. The first kappa shape index (κ1) is 26.5. The minimum absolute atomic E-state index is 1.25. The van der Waals surface area contributed by atoms with Crippen molar-refractivity contribution >= 4 is 74.6 Å². The zero-order chi connectivity index (χ0) is 30.9. The molecule has 1 aromatic heterocycles. The molecule has 47 heavy (non-hydrogen) atoms. The van der Waals surface area contributed by atoms with Crippen LogP contribution in [0.4, 0.5) is 0 Å². The van der Waals surface area contributed by atoms with Crippen molar-refractivity contribution in [2.24, 2.45) is 0 Å². The molecule has 0 saturated heterocycles. The van der Waals surface area contributed by atoms with Crippen molar-refractivity contribution in [2.75, 3.05) is 0 Å². The minimum Gasteiger partial charge on any atom is -0.135 e. The fourth-order valence-corrected chi connectivity index (χ4v) is 8.76. The second-order valence-electron chi connectivity index (χ2n) is 12.5. The van der Waals surface area contributed by atoms with Crippen molar-refractivity contribution < 1.29 is 0 Å². The molecule has 9 aromatic carbocycles. The number of rotatable bonds is 3. The Morgan fingerprint density at radius 1 is 0.277 bits per heavy atom. The summed E-state index contributed by atoms with van der Waals surface area (Å²) in [6.07, 6.45) is 0. The SMILES string of the molecule is c1ccc(-c2c3ccccc3c(-c3ccc4cc(-c5ccc6sc7ccc8ccccc8c7c6c5)ccc4c3)c3ccccc23)cc1. The normalized spacial score (nSPS) is 11.8. The van der Waals surface area contributed by atoms with E-state index in [9.17, 15) is 0 Å². The maximum atomic E-state index is 2.39. The lowest BCUT2D eigenvalue weighted by Crippen LogP contribution is -1.90. The van der Waals surface area contributed by atoms with Gasteiger partial charge in [-0.05, 0) is 107 Å². The van der Waals surface area contributed by atoms with Crippen molar-refractivity contribution in [3.05, 3.63) is 170 Å². The number of thiophene rings is 1. The summed E-state index contributed by atoms with van der Waals surface area (Å²) in [5.41, 5.74) is 7.59.